The molecule has 21 heavy (non-hydrogen) atoms. The van der Waals surface area contributed by atoms with Gasteiger partial charge in [-0.25, -0.2) is 0 Å². The molecular weight excluding hydrogens is 288 g/mol. The van der Waals surface area contributed by atoms with Gasteiger partial charge in [0.2, 0.25) is 0 Å². The number of nitro benzene ring substituents is 1. The lowest BCUT2D eigenvalue weighted by molar-refractivity contribution is -0.384. The molecule has 0 saturated carbocycles. The Labute approximate surface area is 127 Å². The first kappa shape index (κ1) is 15.4. The molecule has 0 bridgehead atoms. The molecule has 0 aliphatic rings. The standard InChI is InChI=1S/C14H18N4O2S/c1-4-15-14-11(6-5-7-12(14)18(19)20)9-21-13-8-10(2)16-17(13)3/h5-8,15H,4,9H2,1-3H3. The third-order valence-electron chi connectivity index (χ3n) is 3.01. The molecule has 0 amide bonds. The molecule has 1 heterocycles. The molecule has 2 rings (SSSR count). The van der Waals surface area contributed by atoms with E-state index in [-0.39, 0.29) is 10.6 Å². The number of nitrogens with one attached hydrogen (secondary N) is 1. The maximum Gasteiger partial charge on any atom is 0.292 e. The van der Waals surface area contributed by atoms with Crippen LogP contribution in [-0.4, -0.2) is 21.2 Å². The van der Waals surface area contributed by atoms with Crippen LogP contribution in [0.25, 0.3) is 0 Å². The minimum absolute atomic E-state index is 0.121. The molecule has 112 valence electrons. The van der Waals surface area contributed by atoms with Gasteiger partial charge in [0.25, 0.3) is 5.69 Å². The Hall–Kier alpha value is -2.02. The topological polar surface area (TPSA) is 73.0 Å². The van der Waals surface area contributed by atoms with Gasteiger partial charge < -0.3 is 5.32 Å². The largest absolute Gasteiger partial charge is 0.380 e. The van der Waals surface area contributed by atoms with E-state index in [0.29, 0.717) is 18.0 Å². The van der Waals surface area contributed by atoms with Gasteiger partial charge >= 0.3 is 0 Å². The summed E-state index contributed by atoms with van der Waals surface area (Å²) >= 11 is 1.62. The second-order valence-corrected chi connectivity index (χ2v) is 5.63. The Kier molecular flexibility index (Phi) is 4.85. The first-order valence-electron chi connectivity index (χ1n) is 6.66. The molecule has 0 aliphatic carbocycles. The van der Waals surface area contributed by atoms with E-state index < -0.39 is 0 Å². The number of para-hydroxylation sites is 1. The average molecular weight is 306 g/mol. The van der Waals surface area contributed by atoms with E-state index in [2.05, 4.69) is 10.4 Å². The van der Waals surface area contributed by atoms with Crippen molar-refractivity contribution < 1.29 is 4.92 Å². The predicted octanol–water partition coefficient (Wildman–Crippen LogP) is 3.36. The summed E-state index contributed by atoms with van der Waals surface area (Å²) < 4.78 is 1.82. The number of thioether (sulfide) groups is 1. The average Bonchev–Trinajstić information content (AvgIpc) is 2.75. The molecule has 0 saturated heterocycles. The highest BCUT2D eigenvalue weighted by Crippen LogP contribution is 2.32. The van der Waals surface area contributed by atoms with Gasteiger partial charge in [-0.15, -0.1) is 11.8 Å². The summed E-state index contributed by atoms with van der Waals surface area (Å²) in [5.74, 6) is 0.656. The van der Waals surface area contributed by atoms with E-state index >= 15 is 0 Å². The number of rotatable bonds is 6. The molecule has 2 aromatic rings. The molecule has 6 nitrogen and oxygen atoms in total. The fourth-order valence-corrected chi connectivity index (χ4v) is 3.14. The van der Waals surface area contributed by atoms with Gasteiger partial charge in [-0.2, -0.15) is 5.10 Å². The zero-order valence-corrected chi connectivity index (χ0v) is 13.1. The lowest BCUT2D eigenvalue weighted by atomic mass is 10.1. The smallest absolute Gasteiger partial charge is 0.292 e. The summed E-state index contributed by atoms with van der Waals surface area (Å²) in [6.45, 7) is 4.52. The molecule has 1 aromatic carbocycles. The van der Waals surface area contributed by atoms with Gasteiger partial charge in [-0.1, -0.05) is 12.1 Å². The number of benzene rings is 1. The van der Waals surface area contributed by atoms with Gasteiger partial charge in [0.05, 0.1) is 15.6 Å². The van der Waals surface area contributed by atoms with Crippen molar-refractivity contribution in [3.8, 4) is 0 Å². The van der Waals surface area contributed by atoms with Crippen LogP contribution in [0.3, 0.4) is 0 Å². The molecule has 0 radical (unpaired) electrons. The molecular formula is C14H18N4O2S. The number of nitrogens with zero attached hydrogens (tertiary/aromatic N) is 3. The van der Waals surface area contributed by atoms with Crippen LogP contribution in [-0.2, 0) is 12.8 Å². The Balaban J connectivity index is 2.25. The number of hydrogen-bond donors (Lipinski definition) is 1. The highest BCUT2D eigenvalue weighted by atomic mass is 32.2. The molecule has 0 fully saturated rings. The van der Waals surface area contributed by atoms with Crippen LogP contribution < -0.4 is 5.32 Å². The van der Waals surface area contributed by atoms with Gasteiger partial charge in [0.1, 0.15) is 5.69 Å². The van der Waals surface area contributed by atoms with Crippen molar-refractivity contribution in [3.63, 3.8) is 0 Å². The number of hydrogen-bond acceptors (Lipinski definition) is 5. The zero-order valence-electron chi connectivity index (χ0n) is 12.3. The van der Waals surface area contributed by atoms with E-state index in [1.807, 2.05) is 37.7 Å². The van der Waals surface area contributed by atoms with Crippen molar-refractivity contribution in [2.45, 2.75) is 24.6 Å². The number of anilines is 1. The summed E-state index contributed by atoms with van der Waals surface area (Å²) in [6.07, 6.45) is 0. The van der Waals surface area contributed by atoms with Crippen LogP contribution in [0.15, 0.2) is 29.3 Å². The maximum absolute atomic E-state index is 11.1. The van der Waals surface area contributed by atoms with Crippen molar-refractivity contribution in [2.75, 3.05) is 11.9 Å². The van der Waals surface area contributed by atoms with Gasteiger partial charge in [-0.3, -0.25) is 14.8 Å². The van der Waals surface area contributed by atoms with Crippen molar-refractivity contribution in [1.82, 2.24) is 9.78 Å². The minimum atomic E-state index is -0.347. The Morgan fingerprint density at radius 2 is 2.24 bits per heavy atom. The van der Waals surface area contributed by atoms with E-state index in [1.54, 1.807) is 17.8 Å². The van der Waals surface area contributed by atoms with Gasteiger partial charge in [0.15, 0.2) is 0 Å². The second-order valence-electron chi connectivity index (χ2n) is 4.63. The van der Waals surface area contributed by atoms with Crippen LogP contribution >= 0.6 is 11.8 Å². The second kappa shape index (κ2) is 6.62. The fraction of sp³-hybridized carbons (Fsp3) is 0.357. The number of aryl methyl sites for hydroxylation is 2. The zero-order chi connectivity index (χ0) is 15.4. The first-order valence-corrected chi connectivity index (χ1v) is 7.65. The number of aromatic nitrogens is 2. The van der Waals surface area contributed by atoms with E-state index in [4.69, 9.17) is 0 Å². The first-order chi connectivity index (χ1) is 10.0. The third-order valence-corrected chi connectivity index (χ3v) is 4.15. The molecule has 1 N–H and O–H groups in total. The van der Waals surface area contributed by atoms with Crippen LogP contribution in [0.2, 0.25) is 0 Å². The van der Waals surface area contributed by atoms with Crippen molar-refractivity contribution >= 4 is 23.1 Å². The predicted molar refractivity (Wildman–Crippen MR) is 84.8 cm³/mol. The molecule has 7 heteroatoms. The van der Waals surface area contributed by atoms with E-state index in [1.165, 1.54) is 6.07 Å². The molecule has 0 aliphatic heterocycles. The highest BCUT2D eigenvalue weighted by molar-refractivity contribution is 7.98. The number of nitro groups is 1. The van der Waals surface area contributed by atoms with Gasteiger partial charge in [0, 0.05) is 25.4 Å². The third kappa shape index (κ3) is 3.55. The molecule has 0 spiro atoms. The van der Waals surface area contributed by atoms with Crippen molar-refractivity contribution in [2.24, 2.45) is 7.05 Å². The van der Waals surface area contributed by atoms with Crippen LogP contribution in [0, 0.1) is 17.0 Å². The van der Waals surface area contributed by atoms with Crippen molar-refractivity contribution in [3.05, 3.63) is 45.6 Å². The monoisotopic (exact) mass is 306 g/mol. The molecule has 0 atom stereocenters. The minimum Gasteiger partial charge on any atom is -0.380 e. The maximum atomic E-state index is 11.1. The summed E-state index contributed by atoms with van der Waals surface area (Å²) in [7, 11) is 1.90. The fourth-order valence-electron chi connectivity index (χ4n) is 2.11. The molecule has 1 aromatic heterocycles. The Morgan fingerprint density at radius 3 is 2.81 bits per heavy atom. The van der Waals surface area contributed by atoms with Crippen LogP contribution in [0.4, 0.5) is 11.4 Å². The molecule has 0 unspecified atom stereocenters. The van der Waals surface area contributed by atoms with E-state index in [0.717, 1.165) is 16.3 Å². The highest BCUT2D eigenvalue weighted by Gasteiger charge is 2.17. The quantitative estimate of drug-likeness (QED) is 0.503. The Bertz CT molecular complexity index is 654. The summed E-state index contributed by atoms with van der Waals surface area (Å²) in [6, 6.07) is 7.18. The summed E-state index contributed by atoms with van der Waals surface area (Å²) in [5.41, 5.74) is 2.62. The van der Waals surface area contributed by atoms with Gasteiger partial charge in [-0.05, 0) is 25.5 Å². The Morgan fingerprint density at radius 1 is 1.48 bits per heavy atom. The normalized spacial score (nSPS) is 10.6. The SMILES string of the molecule is CCNc1c(CSc2cc(C)nn2C)cccc1[N+](=O)[O-]. The lowest BCUT2D eigenvalue weighted by Gasteiger charge is -2.11. The van der Waals surface area contributed by atoms with E-state index in [9.17, 15) is 10.1 Å². The van der Waals surface area contributed by atoms with Crippen LogP contribution in [0.5, 0.6) is 0 Å². The van der Waals surface area contributed by atoms with Crippen LogP contribution in [0.1, 0.15) is 18.2 Å². The lowest BCUT2D eigenvalue weighted by Crippen LogP contribution is -2.04. The van der Waals surface area contributed by atoms with Crippen molar-refractivity contribution in [1.29, 1.82) is 0 Å². The summed E-state index contributed by atoms with van der Waals surface area (Å²) in [5, 5.41) is 19.6. The summed E-state index contributed by atoms with van der Waals surface area (Å²) in [4.78, 5) is 10.8.